The van der Waals surface area contributed by atoms with Crippen molar-refractivity contribution in [3.63, 3.8) is 0 Å². The van der Waals surface area contributed by atoms with Crippen molar-refractivity contribution in [2.75, 3.05) is 11.5 Å². The number of pyridine rings is 2. The molecule has 0 unspecified atom stereocenters. The van der Waals surface area contributed by atoms with Crippen LogP contribution in [0, 0.1) is 15.3 Å². The summed E-state index contributed by atoms with van der Waals surface area (Å²) in [6.07, 6.45) is 6.01. The van der Waals surface area contributed by atoms with Gasteiger partial charge in [0, 0.05) is 12.4 Å². The van der Waals surface area contributed by atoms with Gasteiger partial charge >= 0.3 is 19.8 Å². The van der Waals surface area contributed by atoms with Crippen LogP contribution < -0.4 is 22.9 Å². The largest absolute Gasteiger partial charge is 3.00 e. The van der Waals surface area contributed by atoms with Crippen LogP contribution in [0.3, 0.4) is 0 Å². The molecule has 0 bridgehead atoms. The molecule has 0 atom stereocenters. The van der Waals surface area contributed by atoms with E-state index in [1.165, 1.54) is 12.4 Å². The summed E-state index contributed by atoms with van der Waals surface area (Å²) in [5, 5.41) is 28.8. The molecular weight excluding hydrogens is 504 g/mol. The van der Waals surface area contributed by atoms with E-state index in [0.29, 0.717) is 22.8 Å². The molecule has 160 valence electrons. The molecule has 2 heterocycles. The number of rotatable bonds is 4. The summed E-state index contributed by atoms with van der Waals surface area (Å²) < 4.78 is 0. The van der Waals surface area contributed by atoms with Crippen molar-refractivity contribution in [1.29, 1.82) is 0 Å². The first-order valence-electron chi connectivity index (χ1n) is 7.43. The van der Waals surface area contributed by atoms with Gasteiger partial charge in [-0.3, -0.25) is 9.97 Å². The number of aromatic nitrogens is 2. The number of nitrogens with two attached hydrogens (primary N) is 4. The molecule has 14 nitrogen and oxygen atoms in total. The SMILES string of the molecule is N/C([S-])=N/N=C/c1ncccc1N.N/C([S-])=N/N=C/c1ncccc1N.O=[N+]([O-])[O-].[Ga+3]. The van der Waals surface area contributed by atoms with Gasteiger partial charge in [-0.05, 0) is 34.6 Å². The minimum atomic E-state index is -1.75. The Hall–Kier alpha value is -3.54. The predicted octanol–water partition coefficient (Wildman–Crippen LogP) is -0.901. The van der Waals surface area contributed by atoms with Crippen LogP contribution in [0.15, 0.2) is 57.1 Å². The van der Waals surface area contributed by atoms with Gasteiger partial charge in [0.2, 0.25) is 0 Å². The third-order valence-corrected chi connectivity index (χ3v) is 2.58. The Morgan fingerprint density at radius 2 is 1.23 bits per heavy atom. The van der Waals surface area contributed by atoms with Crippen LogP contribution in [-0.4, -0.2) is 57.6 Å². The second-order valence-corrected chi connectivity index (χ2v) is 5.38. The zero-order valence-corrected chi connectivity index (χ0v) is 19.7. The van der Waals surface area contributed by atoms with Crippen LogP contribution in [0.4, 0.5) is 11.4 Å². The third kappa shape index (κ3) is 17.1. The standard InChI is InChI=1S/2C7H9N5S.Ga.NO3/c2*8-5-2-1-3-10-6(5)4-11-12-7(9)13;;2-1(3)4/h2*1-4H,8H2,(H3,9,12,13);;/q;;+3;-1/p-2/b2*11-4+;;. The fourth-order valence-electron chi connectivity index (χ4n) is 1.36. The molecule has 0 amide bonds. The number of nitrogen functional groups attached to an aromatic ring is 2. The van der Waals surface area contributed by atoms with Crippen LogP contribution in [0.1, 0.15) is 11.4 Å². The smallest absolute Gasteiger partial charge is 0.741 e. The molecule has 0 saturated heterocycles. The van der Waals surface area contributed by atoms with Gasteiger partial charge in [-0.1, -0.05) is 0 Å². The van der Waals surface area contributed by atoms with Gasteiger partial charge < -0.3 is 63.5 Å². The number of nitrogens with zero attached hydrogens (tertiary/aromatic N) is 7. The summed E-state index contributed by atoms with van der Waals surface area (Å²) in [6.45, 7) is 0. The van der Waals surface area contributed by atoms with Crippen molar-refractivity contribution in [3.8, 4) is 0 Å². The quantitative estimate of drug-likeness (QED) is 0.0960. The van der Waals surface area contributed by atoms with Crippen LogP contribution >= 0.6 is 0 Å². The summed E-state index contributed by atoms with van der Waals surface area (Å²) in [7, 11) is 0. The van der Waals surface area contributed by atoms with E-state index in [1.54, 1.807) is 36.7 Å². The van der Waals surface area contributed by atoms with Crippen molar-refractivity contribution in [1.82, 2.24) is 9.97 Å². The Balaban J connectivity index is 0. The van der Waals surface area contributed by atoms with E-state index < -0.39 is 5.09 Å². The Labute approximate surface area is 200 Å². The zero-order chi connectivity index (χ0) is 22.9. The van der Waals surface area contributed by atoms with Crippen LogP contribution in [-0.2, 0) is 25.3 Å². The molecular formula is C14H16GaN11O3S2. The molecule has 0 aliphatic carbocycles. The van der Waals surface area contributed by atoms with Crippen LogP contribution in [0.25, 0.3) is 0 Å². The zero-order valence-electron chi connectivity index (χ0n) is 15.7. The molecule has 8 N–H and O–H groups in total. The number of hydrogen-bond donors (Lipinski definition) is 4. The molecule has 2 aromatic heterocycles. The van der Waals surface area contributed by atoms with E-state index in [4.69, 9.17) is 38.3 Å². The van der Waals surface area contributed by atoms with E-state index >= 15 is 0 Å². The van der Waals surface area contributed by atoms with Crippen molar-refractivity contribution >= 4 is 79.2 Å². The maximum absolute atomic E-state index is 8.25. The molecule has 0 fully saturated rings. The monoisotopic (exact) mass is 519 g/mol. The first kappa shape index (κ1) is 29.7. The second kappa shape index (κ2) is 17.3. The Morgan fingerprint density at radius 1 is 0.903 bits per heavy atom. The van der Waals surface area contributed by atoms with E-state index in [-0.39, 0.29) is 30.1 Å². The van der Waals surface area contributed by atoms with Gasteiger partial charge in [-0.25, -0.2) is 0 Å². The van der Waals surface area contributed by atoms with Gasteiger partial charge in [0.25, 0.3) is 0 Å². The summed E-state index contributed by atoms with van der Waals surface area (Å²) in [5.41, 5.74) is 23.5. The van der Waals surface area contributed by atoms with E-state index in [2.05, 4.69) is 55.6 Å². The number of hydrogen-bond acceptors (Lipinski definition) is 13. The minimum Gasteiger partial charge on any atom is -0.741 e. The van der Waals surface area contributed by atoms with Crippen LogP contribution in [0.2, 0.25) is 0 Å². The minimum absolute atomic E-state index is 0. The average molecular weight is 520 g/mol. The van der Waals surface area contributed by atoms with Crippen molar-refractivity contribution in [2.45, 2.75) is 0 Å². The average Bonchev–Trinajstić information content (AvgIpc) is 2.64. The van der Waals surface area contributed by atoms with E-state index in [0.717, 1.165) is 0 Å². The molecule has 31 heavy (non-hydrogen) atoms. The first-order chi connectivity index (χ1) is 14.1. The van der Waals surface area contributed by atoms with Crippen molar-refractivity contribution in [2.24, 2.45) is 31.9 Å². The van der Waals surface area contributed by atoms with Gasteiger partial charge in [-0.2, -0.15) is 20.4 Å². The number of anilines is 2. The maximum Gasteiger partial charge on any atom is 3.00 e. The molecule has 2 aromatic rings. The van der Waals surface area contributed by atoms with Gasteiger partial charge in [0.05, 0.1) is 28.9 Å². The normalized spacial score (nSPS) is 11.0. The van der Waals surface area contributed by atoms with Crippen molar-refractivity contribution in [3.05, 3.63) is 63.4 Å². The molecule has 0 aliphatic heterocycles. The molecule has 0 saturated carbocycles. The molecule has 2 rings (SSSR count). The molecule has 0 aliphatic rings. The molecule has 0 spiro atoms. The third-order valence-electron chi connectivity index (χ3n) is 2.42. The predicted molar refractivity (Wildman–Crippen MR) is 127 cm³/mol. The second-order valence-electron chi connectivity index (χ2n) is 4.54. The summed E-state index contributed by atoms with van der Waals surface area (Å²) in [5.74, 6) is 0. The summed E-state index contributed by atoms with van der Waals surface area (Å²) >= 11 is 8.98. The molecule has 0 aromatic carbocycles. The fourth-order valence-corrected chi connectivity index (χ4v) is 1.45. The first-order valence-corrected chi connectivity index (χ1v) is 8.24. The maximum atomic E-state index is 8.25. The Kier molecular flexibility index (Phi) is 16.6. The Bertz CT molecular complexity index is 860. The van der Waals surface area contributed by atoms with Crippen LogP contribution in [0.5, 0.6) is 0 Å². The summed E-state index contributed by atoms with van der Waals surface area (Å²) in [6, 6.07) is 6.90. The van der Waals surface area contributed by atoms with E-state index in [1.807, 2.05) is 0 Å². The molecule has 0 radical (unpaired) electrons. The molecule has 17 heteroatoms. The Morgan fingerprint density at radius 3 is 1.48 bits per heavy atom. The number of amidine groups is 2. The van der Waals surface area contributed by atoms with Gasteiger partial charge in [0.15, 0.2) is 0 Å². The summed E-state index contributed by atoms with van der Waals surface area (Å²) in [4.78, 5) is 16.2. The van der Waals surface area contributed by atoms with Gasteiger partial charge in [-0.15, -0.1) is 0 Å². The van der Waals surface area contributed by atoms with Crippen molar-refractivity contribution < 1.29 is 5.09 Å². The topological polar surface area (TPSA) is 245 Å². The van der Waals surface area contributed by atoms with Gasteiger partial charge in [0.1, 0.15) is 11.4 Å². The fraction of sp³-hybridized carbons (Fsp3) is 0. The van der Waals surface area contributed by atoms with E-state index in [9.17, 15) is 0 Å².